The molecule has 0 aliphatic heterocycles. The van der Waals surface area contributed by atoms with E-state index in [0.29, 0.717) is 18.7 Å². The highest BCUT2D eigenvalue weighted by molar-refractivity contribution is 5.90. The summed E-state index contributed by atoms with van der Waals surface area (Å²) in [7, 11) is 0. The summed E-state index contributed by atoms with van der Waals surface area (Å²) in [6.07, 6.45) is 1.11. The molecule has 2 aromatic carbocycles. The Labute approximate surface area is 129 Å². The van der Waals surface area contributed by atoms with Crippen molar-refractivity contribution >= 4 is 22.7 Å². The average molecular weight is 294 g/mol. The summed E-state index contributed by atoms with van der Waals surface area (Å²) in [5, 5.41) is 2.83. The molecule has 4 nitrogen and oxygen atoms in total. The second kappa shape index (κ2) is 6.02. The highest BCUT2D eigenvalue weighted by atomic mass is 16.3. The fourth-order valence-corrected chi connectivity index (χ4v) is 2.29. The molecule has 0 spiro atoms. The van der Waals surface area contributed by atoms with Crippen LogP contribution in [0.2, 0.25) is 0 Å². The average Bonchev–Trinajstić information content (AvgIpc) is 2.90. The monoisotopic (exact) mass is 294 g/mol. The second-order valence-electron chi connectivity index (χ2n) is 5.35. The first-order chi connectivity index (χ1) is 10.6. The van der Waals surface area contributed by atoms with Gasteiger partial charge in [0, 0.05) is 18.5 Å². The van der Waals surface area contributed by atoms with Gasteiger partial charge < -0.3 is 9.73 Å². The van der Waals surface area contributed by atoms with E-state index in [1.807, 2.05) is 56.3 Å². The number of anilines is 1. The first kappa shape index (κ1) is 14.3. The van der Waals surface area contributed by atoms with Crippen molar-refractivity contribution in [2.24, 2.45) is 0 Å². The number of hydrogen-bond acceptors (Lipinski definition) is 3. The smallest absolute Gasteiger partial charge is 0.224 e. The van der Waals surface area contributed by atoms with Gasteiger partial charge in [-0.25, -0.2) is 4.98 Å². The van der Waals surface area contributed by atoms with Crippen LogP contribution in [0.4, 0.5) is 5.69 Å². The molecule has 0 bridgehead atoms. The molecule has 0 unspecified atom stereocenters. The summed E-state index contributed by atoms with van der Waals surface area (Å²) in [5.74, 6) is 0.716. The molecule has 0 atom stereocenters. The standard InChI is InChI=1S/C18H18N2O2/c1-3-17(21)19-14-7-5-13(6-8-14)11-18-20-15-10-12(2)4-9-16(15)22-18/h4-10H,3,11H2,1-2H3,(H,19,21). The van der Waals surface area contributed by atoms with Gasteiger partial charge in [0.15, 0.2) is 11.5 Å². The maximum Gasteiger partial charge on any atom is 0.224 e. The van der Waals surface area contributed by atoms with E-state index in [9.17, 15) is 4.79 Å². The van der Waals surface area contributed by atoms with Gasteiger partial charge in [-0.15, -0.1) is 0 Å². The third-order valence-corrected chi connectivity index (χ3v) is 3.50. The molecule has 0 fully saturated rings. The Hall–Kier alpha value is -2.62. The summed E-state index contributed by atoms with van der Waals surface area (Å²) in [5.41, 5.74) is 4.78. The molecule has 1 amide bonds. The second-order valence-corrected chi connectivity index (χ2v) is 5.35. The summed E-state index contributed by atoms with van der Waals surface area (Å²) in [4.78, 5) is 15.9. The zero-order valence-electron chi connectivity index (χ0n) is 12.7. The number of rotatable bonds is 4. The van der Waals surface area contributed by atoms with Crippen LogP contribution in [-0.2, 0) is 11.2 Å². The lowest BCUT2D eigenvalue weighted by Crippen LogP contribution is -2.09. The van der Waals surface area contributed by atoms with Gasteiger partial charge in [-0.3, -0.25) is 4.79 Å². The Morgan fingerprint density at radius 3 is 2.68 bits per heavy atom. The van der Waals surface area contributed by atoms with E-state index in [2.05, 4.69) is 10.3 Å². The number of fused-ring (bicyclic) bond motifs is 1. The molecule has 3 rings (SSSR count). The topological polar surface area (TPSA) is 55.1 Å². The number of nitrogens with zero attached hydrogens (tertiary/aromatic N) is 1. The number of carbonyl (C=O) groups is 1. The molecule has 4 heteroatoms. The minimum Gasteiger partial charge on any atom is -0.440 e. The van der Waals surface area contributed by atoms with Gasteiger partial charge in [0.05, 0.1) is 0 Å². The minimum absolute atomic E-state index is 0.0158. The van der Waals surface area contributed by atoms with Crippen LogP contribution in [0.3, 0.4) is 0 Å². The van der Waals surface area contributed by atoms with Gasteiger partial charge in [-0.1, -0.05) is 25.1 Å². The van der Waals surface area contributed by atoms with E-state index in [1.54, 1.807) is 0 Å². The van der Waals surface area contributed by atoms with E-state index in [0.717, 1.165) is 22.4 Å². The molecule has 0 radical (unpaired) electrons. The Kier molecular flexibility index (Phi) is 3.92. The van der Waals surface area contributed by atoms with Crippen molar-refractivity contribution in [3.63, 3.8) is 0 Å². The summed E-state index contributed by atoms with van der Waals surface area (Å²) in [6, 6.07) is 13.7. The molecule has 0 aliphatic carbocycles. The molecule has 0 aliphatic rings. The normalized spacial score (nSPS) is 10.8. The number of aromatic nitrogens is 1. The zero-order chi connectivity index (χ0) is 15.5. The predicted octanol–water partition coefficient (Wildman–Crippen LogP) is 4.08. The van der Waals surface area contributed by atoms with Crippen LogP contribution in [0.15, 0.2) is 46.9 Å². The van der Waals surface area contributed by atoms with Gasteiger partial charge in [-0.2, -0.15) is 0 Å². The molecular weight excluding hydrogens is 276 g/mol. The van der Waals surface area contributed by atoms with E-state index >= 15 is 0 Å². The summed E-state index contributed by atoms with van der Waals surface area (Å²) in [6.45, 7) is 3.87. The first-order valence-corrected chi connectivity index (χ1v) is 7.39. The number of amides is 1. The Bertz CT molecular complexity index is 804. The summed E-state index contributed by atoms with van der Waals surface area (Å²) < 4.78 is 5.76. The molecule has 0 saturated heterocycles. The van der Waals surface area contributed by atoms with Crippen molar-refractivity contribution in [1.82, 2.24) is 4.98 Å². The lowest BCUT2D eigenvalue weighted by Gasteiger charge is -2.04. The number of nitrogens with one attached hydrogen (secondary N) is 1. The molecule has 0 saturated carbocycles. The molecule has 1 heterocycles. The molecule has 1 aromatic heterocycles. The minimum atomic E-state index is 0.0158. The maximum atomic E-state index is 11.3. The largest absolute Gasteiger partial charge is 0.440 e. The lowest BCUT2D eigenvalue weighted by molar-refractivity contribution is -0.115. The number of hydrogen-bond donors (Lipinski definition) is 1. The van der Waals surface area contributed by atoms with Crippen molar-refractivity contribution < 1.29 is 9.21 Å². The van der Waals surface area contributed by atoms with E-state index in [4.69, 9.17) is 4.42 Å². The predicted molar refractivity (Wildman–Crippen MR) is 86.9 cm³/mol. The van der Waals surface area contributed by atoms with Gasteiger partial charge in [0.1, 0.15) is 5.52 Å². The zero-order valence-corrected chi connectivity index (χ0v) is 12.7. The fraction of sp³-hybridized carbons (Fsp3) is 0.222. The number of benzene rings is 2. The van der Waals surface area contributed by atoms with Crippen LogP contribution >= 0.6 is 0 Å². The molecule has 112 valence electrons. The van der Waals surface area contributed by atoms with Crippen LogP contribution < -0.4 is 5.32 Å². The number of aryl methyl sites for hydroxylation is 1. The highest BCUT2D eigenvalue weighted by Crippen LogP contribution is 2.19. The van der Waals surface area contributed by atoms with Crippen LogP contribution in [0, 0.1) is 6.92 Å². The van der Waals surface area contributed by atoms with Gasteiger partial charge >= 0.3 is 0 Å². The van der Waals surface area contributed by atoms with E-state index in [-0.39, 0.29) is 5.91 Å². The van der Waals surface area contributed by atoms with E-state index < -0.39 is 0 Å². The third kappa shape index (κ3) is 3.17. The summed E-state index contributed by atoms with van der Waals surface area (Å²) >= 11 is 0. The van der Waals surface area contributed by atoms with Crippen molar-refractivity contribution in [3.05, 3.63) is 59.5 Å². The van der Waals surface area contributed by atoms with Crippen LogP contribution in [-0.4, -0.2) is 10.9 Å². The Morgan fingerprint density at radius 1 is 1.18 bits per heavy atom. The van der Waals surface area contributed by atoms with E-state index in [1.165, 1.54) is 5.56 Å². The third-order valence-electron chi connectivity index (χ3n) is 3.50. The van der Waals surface area contributed by atoms with Gasteiger partial charge in [0.25, 0.3) is 0 Å². The molecule has 3 aromatic rings. The fourth-order valence-electron chi connectivity index (χ4n) is 2.29. The van der Waals surface area contributed by atoms with Crippen molar-refractivity contribution in [1.29, 1.82) is 0 Å². The first-order valence-electron chi connectivity index (χ1n) is 7.39. The van der Waals surface area contributed by atoms with Crippen molar-refractivity contribution in [3.8, 4) is 0 Å². The van der Waals surface area contributed by atoms with Crippen molar-refractivity contribution in [2.45, 2.75) is 26.7 Å². The molecule has 1 N–H and O–H groups in total. The number of carbonyl (C=O) groups excluding carboxylic acids is 1. The van der Waals surface area contributed by atoms with Crippen LogP contribution in [0.1, 0.15) is 30.4 Å². The highest BCUT2D eigenvalue weighted by Gasteiger charge is 2.07. The lowest BCUT2D eigenvalue weighted by atomic mass is 10.1. The Balaban J connectivity index is 1.75. The van der Waals surface area contributed by atoms with Crippen LogP contribution in [0.25, 0.3) is 11.1 Å². The number of oxazole rings is 1. The van der Waals surface area contributed by atoms with Crippen molar-refractivity contribution in [2.75, 3.05) is 5.32 Å². The van der Waals surface area contributed by atoms with Gasteiger partial charge in [0.2, 0.25) is 5.91 Å². The SMILES string of the molecule is CCC(=O)Nc1ccc(Cc2nc3cc(C)ccc3o2)cc1. The Morgan fingerprint density at radius 2 is 1.95 bits per heavy atom. The van der Waals surface area contributed by atoms with Crippen LogP contribution in [0.5, 0.6) is 0 Å². The quantitative estimate of drug-likeness (QED) is 0.789. The molecule has 22 heavy (non-hydrogen) atoms. The van der Waals surface area contributed by atoms with Gasteiger partial charge in [-0.05, 0) is 42.3 Å². The maximum absolute atomic E-state index is 11.3. The molecular formula is C18H18N2O2.